The number of anilines is 2. The Bertz CT molecular complexity index is 1040. The summed E-state index contributed by atoms with van der Waals surface area (Å²) < 4.78 is 6.29. The summed E-state index contributed by atoms with van der Waals surface area (Å²) in [6.45, 7) is 4.09. The van der Waals surface area contributed by atoms with Gasteiger partial charge in [-0.1, -0.05) is 18.2 Å². The highest BCUT2D eigenvalue weighted by Gasteiger charge is 2.21. The highest BCUT2D eigenvalue weighted by Crippen LogP contribution is 2.31. The topological polar surface area (TPSA) is 67.1 Å². The second-order valence-corrected chi connectivity index (χ2v) is 7.96. The van der Waals surface area contributed by atoms with Gasteiger partial charge in [-0.05, 0) is 55.9 Å². The molecule has 1 atom stereocenters. The summed E-state index contributed by atoms with van der Waals surface area (Å²) in [5, 5.41) is 12.7. The van der Waals surface area contributed by atoms with Gasteiger partial charge in [-0.3, -0.25) is 0 Å². The maximum Gasteiger partial charge on any atom is 0.165 e. The van der Waals surface area contributed by atoms with Gasteiger partial charge < -0.3 is 10.6 Å². The molecule has 1 unspecified atom stereocenters. The van der Waals surface area contributed by atoms with E-state index in [9.17, 15) is 0 Å². The van der Waals surface area contributed by atoms with Crippen molar-refractivity contribution in [2.24, 2.45) is 0 Å². The molecule has 0 bridgehead atoms. The molecule has 0 spiro atoms. The lowest BCUT2D eigenvalue weighted by Gasteiger charge is -2.23. The minimum atomic E-state index is 0.434. The Morgan fingerprint density at radius 1 is 1.33 bits per heavy atom. The maximum absolute atomic E-state index is 5.04. The molecule has 0 saturated carbocycles. The smallest absolute Gasteiger partial charge is 0.165 e. The van der Waals surface area contributed by atoms with Crippen LogP contribution >= 0.6 is 11.5 Å². The fourth-order valence-corrected chi connectivity index (χ4v) is 4.46. The van der Waals surface area contributed by atoms with Crippen molar-refractivity contribution in [3.8, 4) is 0 Å². The molecular weight excluding hydrogens is 356 g/mol. The largest absolute Gasteiger partial charge is 0.331 e. The first kappa shape index (κ1) is 16.6. The summed E-state index contributed by atoms with van der Waals surface area (Å²) in [6, 6.07) is 4.21. The lowest BCUT2D eigenvalue weighted by molar-refractivity contribution is 0.455. The first-order valence-electron chi connectivity index (χ1n) is 9.45. The molecule has 2 N–H and O–H groups in total. The quantitative estimate of drug-likeness (QED) is 0.717. The lowest BCUT2D eigenvalue weighted by Crippen LogP contribution is -2.29. The molecule has 1 fully saturated rings. The van der Waals surface area contributed by atoms with Crippen LogP contribution in [0.4, 0.5) is 10.8 Å². The van der Waals surface area contributed by atoms with E-state index in [0.29, 0.717) is 5.92 Å². The normalized spacial score (nSPS) is 19.6. The summed E-state index contributed by atoms with van der Waals surface area (Å²) in [5.74, 6) is 1.38. The van der Waals surface area contributed by atoms with Gasteiger partial charge in [0.25, 0.3) is 0 Å². The first-order valence-corrected chi connectivity index (χ1v) is 10.2. The number of aromatic nitrogens is 4. The molecule has 3 aromatic rings. The Hall–Kier alpha value is -2.51. The van der Waals surface area contributed by atoms with E-state index in [0.717, 1.165) is 52.9 Å². The van der Waals surface area contributed by atoms with Crippen LogP contribution in [-0.4, -0.2) is 32.1 Å². The number of aryl methyl sites for hydroxylation is 1. The van der Waals surface area contributed by atoms with Crippen molar-refractivity contribution in [1.82, 2.24) is 24.3 Å². The van der Waals surface area contributed by atoms with Crippen LogP contribution in [0.25, 0.3) is 11.2 Å². The van der Waals surface area contributed by atoms with Gasteiger partial charge in [-0.15, -0.1) is 0 Å². The van der Waals surface area contributed by atoms with Gasteiger partial charge in [0, 0.05) is 24.1 Å². The summed E-state index contributed by atoms with van der Waals surface area (Å²) in [5.41, 5.74) is 5.36. The number of piperidine rings is 1. The van der Waals surface area contributed by atoms with Crippen LogP contribution in [-0.2, 0) is 0 Å². The fourth-order valence-electron chi connectivity index (χ4n) is 3.79. The van der Waals surface area contributed by atoms with Crippen LogP contribution in [0.3, 0.4) is 0 Å². The van der Waals surface area contributed by atoms with Crippen LogP contribution in [0, 0.1) is 6.92 Å². The third kappa shape index (κ3) is 3.17. The van der Waals surface area contributed by atoms with E-state index in [2.05, 4.69) is 50.5 Å². The van der Waals surface area contributed by atoms with E-state index in [1.165, 1.54) is 29.9 Å². The second kappa shape index (κ2) is 6.90. The van der Waals surface area contributed by atoms with Gasteiger partial charge in [-0.2, -0.15) is 14.0 Å². The third-order valence-corrected chi connectivity index (χ3v) is 5.96. The van der Waals surface area contributed by atoms with Gasteiger partial charge in [0.05, 0.1) is 17.6 Å². The molecule has 2 aliphatic rings. The number of allylic oxidation sites excluding steroid dienone is 4. The van der Waals surface area contributed by atoms with Crippen molar-refractivity contribution >= 4 is 33.6 Å². The molecule has 5 rings (SSSR count). The van der Waals surface area contributed by atoms with Crippen LogP contribution < -0.4 is 10.6 Å². The van der Waals surface area contributed by atoms with E-state index >= 15 is 0 Å². The highest BCUT2D eigenvalue weighted by molar-refractivity contribution is 7.10. The number of rotatable bonds is 4. The summed E-state index contributed by atoms with van der Waals surface area (Å²) in [4.78, 5) is 5.04. The van der Waals surface area contributed by atoms with Gasteiger partial charge >= 0.3 is 0 Å². The van der Waals surface area contributed by atoms with Gasteiger partial charge in [0.15, 0.2) is 5.65 Å². The zero-order chi connectivity index (χ0) is 18.2. The zero-order valence-electron chi connectivity index (χ0n) is 15.3. The first-order chi connectivity index (χ1) is 13.3. The number of nitrogens with zero attached hydrogens (tertiary/aromatic N) is 4. The number of nitrogens with one attached hydrogen (secondary N) is 2. The van der Waals surface area contributed by atoms with Crippen LogP contribution in [0.1, 0.15) is 42.1 Å². The highest BCUT2D eigenvalue weighted by atomic mass is 32.1. The Morgan fingerprint density at radius 2 is 2.30 bits per heavy atom. The molecule has 138 valence electrons. The van der Waals surface area contributed by atoms with Crippen molar-refractivity contribution in [2.45, 2.75) is 32.1 Å². The minimum absolute atomic E-state index is 0.434. The Kier molecular flexibility index (Phi) is 4.26. The second-order valence-electron chi connectivity index (χ2n) is 7.16. The van der Waals surface area contributed by atoms with E-state index in [1.807, 2.05) is 17.6 Å². The molecular formula is C20H22N6S. The fraction of sp³-hybridized carbons (Fsp3) is 0.350. The molecule has 4 heterocycles. The van der Waals surface area contributed by atoms with Gasteiger partial charge in [0.1, 0.15) is 10.8 Å². The third-order valence-electron chi connectivity index (χ3n) is 5.17. The molecule has 0 amide bonds. The molecule has 6 nitrogen and oxygen atoms in total. The predicted octanol–water partition coefficient (Wildman–Crippen LogP) is 4.05. The Morgan fingerprint density at radius 3 is 3.04 bits per heavy atom. The van der Waals surface area contributed by atoms with E-state index < -0.39 is 0 Å². The van der Waals surface area contributed by atoms with Gasteiger partial charge in [0.2, 0.25) is 0 Å². The van der Waals surface area contributed by atoms with Crippen molar-refractivity contribution in [3.05, 3.63) is 53.5 Å². The van der Waals surface area contributed by atoms with E-state index in [1.54, 1.807) is 0 Å². The zero-order valence-corrected chi connectivity index (χ0v) is 16.1. The molecule has 0 radical (unpaired) electrons. The van der Waals surface area contributed by atoms with Crippen molar-refractivity contribution in [3.63, 3.8) is 0 Å². The van der Waals surface area contributed by atoms with Gasteiger partial charge in [-0.25, -0.2) is 4.98 Å². The van der Waals surface area contributed by atoms with Crippen molar-refractivity contribution < 1.29 is 0 Å². The van der Waals surface area contributed by atoms with Crippen LogP contribution in [0.15, 0.2) is 36.6 Å². The summed E-state index contributed by atoms with van der Waals surface area (Å²) in [6.07, 6.45) is 11.8. The maximum atomic E-state index is 5.04. The SMILES string of the molecule is Cc1cc(Nc2cc(C3CCCNC3)nc3c(C4=CCC=C4)cnn23)sn1. The Labute approximate surface area is 162 Å². The standard InChI is InChI=1S/C20H22N6S/c1-13-9-19(27-25-13)24-18-10-17(15-7-4-8-21-11-15)23-20-16(12-22-26(18)20)14-5-2-3-6-14/h2,5-6,9-10,12,15,21,24H,3-4,7-8,11H2,1H3. The monoisotopic (exact) mass is 378 g/mol. The number of hydrogen-bond acceptors (Lipinski definition) is 6. The molecule has 3 aromatic heterocycles. The number of hydrogen-bond donors (Lipinski definition) is 2. The minimum Gasteiger partial charge on any atom is -0.331 e. The molecule has 7 heteroatoms. The Balaban J connectivity index is 1.63. The van der Waals surface area contributed by atoms with E-state index in [4.69, 9.17) is 4.98 Å². The number of fused-ring (bicyclic) bond motifs is 1. The van der Waals surface area contributed by atoms with Crippen molar-refractivity contribution in [1.29, 1.82) is 0 Å². The average Bonchev–Trinajstić information content (AvgIpc) is 3.43. The molecule has 1 saturated heterocycles. The summed E-state index contributed by atoms with van der Waals surface area (Å²) in [7, 11) is 0. The van der Waals surface area contributed by atoms with Crippen molar-refractivity contribution in [2.75, 3.05) is 18.4 Å². The van der Waals surface area contributed by atoms with E-state index in [-0.39, 0.29) is 0 Å². The molecule has 1 aliphatic carbocycles. The molecule has 0 aromatic carbocycles. The average molecular weight is 379 g/mol. The summed E-state index contributed by atoms with van der Waals surface area (Å²) >= 11 is 1.47. The van der Waals surface area contributed by atoms with Crippen LogP contribution in [0.5, 0.6) is 0 Å². The predicted molar refractivity (Wildman–Crippen MR) is 110 cm³/mol. The molecule has 27 heavy (non-hydrogen) atoms. The molecule has 1 aliphatic heterocycles. The lowest BCUT2D eigenvalue weighted by atomic mass is 9.96. The van der Waals surface area contributed by atoms with Crippen LogP contribution in [0.2, 0.25) is 0 Å².